The molecule has 0 bridgehead atoms. The van der Waals surface area contributed by atoms with Gasteiger partial charge < -0.3 is 4.74 Å². The standard InChI is InChI=1S/C46H34O2/c1-28(47)36-16-9-17-43(48-2)40-27-42-41(26-39(36)40)44(34-20-18-29-10-3-5-13-32(29)24-34)38-23-22-31-12-7-8-15-37(31)46(38)45(42)35-21-19-30-11-4-6-14-33(30)25-35/h3-15,17-27,36,43H,16H2,1-2H3. The first kappa shape index (κ1) is 28.6. The highest BCUT2D eigenvalue weighted by Crippen LogP contribution is 2.49. The lowest BCUT2D eigenvalue weighted by Crippen LogP contribution is -2.11. The Morgan fingerprint density at radius 3 is 1.79 bits per heavy atom. The Kier molecular flexibility index (Phi) is 6.74. The second kappa shape index (κ2) is 11.3. The summed E-state index contributed by atoms with van der Waals surface area (Å²) >= 11 is 0. The van der Waals surface area contributed by atoms with E-state index in [1.165, 1.54) is 65.3 Å². The Hall–Kier alpha value is -5.57. The SMILES string of the molecule is COC1C=CCC(C(C)=O)c2cc3c(-c4ccc5ccccc5c4)c4ccc5ccccc5c4c(-c4ccc5ccccc5c4)c3cc21. The number of ether oxygens (including phenoxy) is 1. The molecule has 0 aromatic heterocycles. The molecule has 1 aliphatic rings. The first-order valence-electron chi connectivity index (χ1n) is 16.7. The van der Waals surface area contributed by atoms with Gasteiger partial charge in [-0.2, -0.15) is 0 Å². The van der Waals surface area contributed by atoms with Gasteiger partial charge in [0.2, 0.25) is 0 Å². The lowest BCUT2D eigenvalue weighted by atomic mass is 9.80. The molecule has 0 spiro atoms. The summed E-state index contributed by atoms with van der Waals surface area (Å²) in [6.07, 6.45) is 4.65. The first-order valence-corrected chi connectivity index (χ1v) is 16.7. The number of Topliss-reactive ketones (excluding diaryl/α,β-unsaturated/α-hetero) is 1. The lowest BCUT2D eigenvalue weighted by Gasteiger charge is -2.24. The molecule has 0 aliphatic heterocycles. The fourth-order valence-corrected chi connectivity index (χ4v) is 8.08. The number of benzene rings is 8. The molecule has 2 heteroatoms. The molecule has 0 amide bonds. The van der Waals surface area contributed by atoms with E-state index in [2.05, 4.69) is 146 Å². The number of rotatable bonds is 4. The van der Waals surface area contributed by atoms with Crippen molar-refractivity contribution in [3.05, 3.63) is 157 Å². The zero-order valence-electron chi connectivity index (χ0n) is 27.0. The van der Waals surface area contributed by atoms with Crippen LogP contribution in [0, 0.1) is 0 Å². The number of hydrogen-bond acceptors (Lipinski definition) is 2. The fourth-order valence-electron chi connectivity index (χ4n) is 8.08. The molecule has 0 N–H and O–H groups in total. The van der Waals surface area contributed by atoms with E-state index >= 15 is 0 Å². The van der Waals surface area contributed by atoms with Crippen LogP contribution in [0.3, 0.4) is 0 Å². The summed E-state index contributed by atoms with van der Waals surface area (Å²) in [7, 11) is 1.76. The van der Waals surface area contributed by atoms with Crippen LogP contribution in [0.1, 0.15) is 36.5 Å². The summed E-state index contributed by atoms with van der Waals surface area (Å²) in [5.74, 6) is -0.0625. The van der Waals surface area contributed by atoms with E-state index in [0.29, 0.717) is 6.42 Å². The molecule has 9 rings (SSSR count). The minimum Gasteiger partial charge on any atom is -0.373 e. The van der Waals surface area contributed by atoms with Gasteiger partial charge >= 0.3 is 0 Å². The smallest absolute Gasteiger partial charge is 0.137 e. The number of carbonyl (C=O) groups is 1. The number of hydrogen-bond donors (Lipinski definition) is 0. The normalized spacial score (nSPS) is 16.1. The topological polar surface area (TPSA) is 26.3 Å². The van der Waals surface area contributed by atoms with Gasteiger partial charge in [0.05, 0.1) is 0 Å². The fraction of sp³-hybridized carbons (Fsp3) is 0.109. The molecule has 0 fully saturated rings. The number of fused-ring (bicyclic) bond motifs is 7. The molecule has 230 valence electrons. The molecular formula is C46H34O2. The third-order valence-corrected chi connectivity index (χ3v) is 10.4. The predicted molar refractivity (Wildman–Crippen MR) is 202 cm³/mol. The highest BCUT2D eigenvalue weighted by Gasteiger charge is 2.28. The molecule has 1 aliphatic carbocycles. The van der Waals surface area contributed by atoms with Crippen LogP contribution in [0.4, 0.5) is 0 Å². The van der Waals surface area contributed by atoms with Crippen LogP contribution < -0.4 is 0 Å². The van der Waals surface area contributed by atoms with Gasteiger partial charge in [0.15, 0.2) is 0 Å². The molecule has 8 aromatic rings. The third-order valence-electron chi connectivity index (χ3n) is 10.4. The molecule has 0 saturated heterocycles. The minimum atomic E-state index is -0.245. The highest BCUT2D eigenvalue weighted by atomic mass is 16.5. The van der Waals surface area contributed by atoms with Crippen molar-refractivity contribution < 1.29 is 9.53 Å². The average Bonchev–Trinajstić information content (AvgIpc) is 3.31. The molecule has 0 heterocycles. The van der Waals surface area contributed by atoms with E-state index in [1.807, 2.05) is 0 Å². The van der Waals surface area contributed by atoms with Gasteiger partial charge in [-0.3, -0.25) is 4.79 Å². The van der Waals surface area contributed by atoms with Crippen LogP contribution in [0.15, 0.2) is 146 Å². The largest absolute Gasteiger partial charge is 0.373 e. The second-order valence-electron chi connectivity index (χ2n) is 13.1. The van der Waals surface area contributed by atoms with Gasteiger partial charge in [-0.05, 0) is 125 Å². The number of methoxy groups -OCH3 is 1. The summed E-state index contributed by atoms with van der Waals surface area (Å²) in [5, 5.41) is 12.0. The second-order valence-corrected chi connectivity index (χ2v) is 13.1. The van der Waals surface area contributed by atoms with Crippen LogP contribution in [0.2, 0.25) is 0 Å². The summed E-state index contributed by atoms with van der Waals surface area (Å²) in [6.45, 7) is 1.72. The first-order chi connectivity index (χ1) is 23.6. The molecular weight excluding hydrogens is 585 g/mol. The molecule has 2 atom stereocenters. The minimum absolute atomic E-state index is 0.172. The monoisotopic (exact) mass is 618 g/mol. The Morgan fingerprint density at radius 1 is 0.562 bits per heavy atom. The van der Waals surface area contributed by atoms with Crippen LogP contribution >= 0.6 is 0 Å². The van der Waals surface area contributed by atoms with Crippen LogP contribution in [-0.2, 0) is 9.53 Å². The Balaban J connectivity index is 1.52. The van der Waals surface area contributed by atoms with E-state index in [-0.39, 0.29) is 17.8 Å². The summed E-state index contributed by atoms with van der Waals surface area (Å²) in [4.78, 5) is 13.2. The van der Waals surface area contributed by atoms with Crippen molar-refractivity contribution in [3.8, 4) is 22.3 Å². The maximum Gasteiger partial charge on any atom is 0.137 e. The van der Waals surface area contributed by atoms with E-state index in [0.717, 1.165) is 21.9 Å². The number of ketones is 1. The van der Waals surface area contributed by atoms with Crippen molar-refractivity contribution in [1.29, 1.82) is 0 Å². The number of allylic oxidation sites excluding steroid dienone is 1. The van der Waals surface area contributed by atoms with Crippen molar-refractivity contribution in [2.75, 3.05) is 7.11 Å². The molecule has 2 unspecified atom stereocenters. The average molecular weight is 619 g/mol. The van der Waals surface area contributed by atoms with Gasteiger partial charge in [-0.15, -0.1) is 0 Å². The van der Waals surface area contributed by atoms with Gasteiger partial charge in [0, 0.05) is 13.0 Å². The molecule has 8 aromatic carbocycles. The summed E-state index contributed by atoms with van der Waals surface area (Å²) in [5.41, 5.74) is 6.85. The van der Waals surface area contributed by atoms with E-state index in [4.69, 9.17) is 4.74 Å². The van der Waals surface area contributed by atoms with E-state index < -0.39 is 0 Å². The van der Waals surface area contributed by atoms with E-state index in [9.17, 15) is 4.79 Å². The molecule has 0 radical (unpaired) electrons. The zero-order chi connectivity index (χ0) is 32.4. The Labute approximate surface area is 279 Å². The van der Waals surface area contributed by atoms with Crippen molar-refractivity contribution in [2.45, 2.75) is 25.4 Å². The quantitative estimate of drug-likeness (QED) is 0.111. The van der Waals surface area contributed by atoms with Gasteiger partial charge in [0.25, 0.3) is 0 Å². The van der Waals surface area contributed by atoms with Crippen molar-refractivity contribution in [1.82, 2.24) is 0 Å². The molecule has 2 nitrogen and oxygen atoms in total. The lowest BCUT2D eigenvalue weighted by molar-refractivity contribution is -0.118. The van der Waals surface area contributed by atoms with Gasteiger partial charge in [-0.1, -0.05) is 121 Å². The zero-order valence-corrected chi connectivity index (χ0v) is 27.0. The Bertz CT molecular complexity index is 2630. The van der Waals surface area contributed by atoms with Crippen molar-refractivity contribution in [3.63, 3.8) is 0 Å². The van der Waals surface area contributed by atoms with Crippen LogP contribution in [0.5, 0.6) is 0 Å². The third kappa shape index (κ3) is 4.48. The predicted octanol–water partition coefficient (Wildman–Crippen LogP) is 12.1. The maximum atomic E-state index is 13.2. The highest BCUT2D eigenvalue weighted by molar-refractivity contribution is 6.28. The van der Waals surface area contributed by atoms with Crippen molar-refractivity contribution in [2.24, 2.45) is 0 Å². The van der Waals surface area contributed by atoms with Crippen LogP contribution in [0.25, 0.3) is 76.1 Å². The molecule has 0 saturated carbocycles. The Morgan fingerprint density at radius 2 is 1.12 bits per heavy atom. The van der Waals surface area contributed by atoms with Gasteiger partial charge in [-0.25, -0.2) is 0 Å². The van der Waals surface area contributed by atoms with Crippen LogP contribution in [-0.4, -0.2) is 12.9 Å². The van der Waals surface area contributed by atoms with E-state index in [1.54, 1.807) is 14.0 Å². The van der Waals surface area contributed by atoms with Crippen molar-refractivity contribution >= 4 is 59.6 Å². The summed E-state index contributed by atoms with van der Waals surface area (Å²) in [6, 6.07) is 48.7. The number of carbonyl (C=O) groups excluding carboxylic acids is 1. The molecule has 48 heavy (non-hydrogen) atoms. The maximum absolute atomic E-state index is 13.2. The summed E-state index contributed by atoms with van der Waals surface area (Å²) < 4.78 is 6.10. The van der Waals surface area contributed by atoms with Gasteiger partial charge in [0.1, 0.15) is 11.9 Å².